The standard InChI is InChI=1S/C20H23ClF2N6O2/c21-15-5-13(7-24-8-15)9-28-19(31)29-16(18(30)27-3-1-2-4-27)11-26(12-17(29)25-28)10-14-6-20(14,22)23/h5,7-8,14,16H,1-4,6,9-12H2. The van der Waals surface area contributed by atoms with Crippen molar-refractivity contribution in [3.8, 4) is 0 Å². The van der Waals surface area contributed by atoms with E-state index in [0.29, 0.717) is 29.5 Å². The van der Waals surface area contributed by atoms with Gasteiger partial charge < -0.3 is 4.90 Å². The van der Waals surface area contributed by atoms with Crippen LogP contribution in [0.1, 0.15) is 36.7 Å². The van der Waals surface area contributed by atoms with E-state index in [1.54, 1.807) is 17.2 Å². The number of halogens is 3. The number of likely N-dealkylation sites (tertiary alicyclic amines) is 1. The summed E-state index contributed by atoms with van der Waals surface area (Å²) in [5.74, 6) is -3.05. The van der Waals surface area contributed by atoms with Crippen LogP contribution in [-0.4, -0.2) is 67.1 Å². The summed E-state index contributed by atoms with van der Waals surface area (Å²) in [5.41, 5.74) is 0.325. The molecule has 5 rings (SSSR count). The molecule has 0 radical (unpaired) electrons. The van der Waals surface area contributed by atoms with Gasteiger partial charge in [0.25, 0.3) is 5.92 Å². The first-order chi connectivity index (χ1) is 14.8. The van der Waals surface area contributed by atoms with Crippen molar-refractivity contribution in [2.45, 2.75) is 44.3 Å². The first-order valence-corrected chi connectivity index (χ1v) is 10.9. The number of alkyl halides is 2. The van der Waals surface area contributed by atoms with E-state index >= 15 is 0 Å². The number of carbonyl (C=O) groups is 1. The molecule has 0 bridgehead atoms. The van der Waals surface area contributed by atoms with Crippen LogP contribution in [0.2, 0.25) is 5.02 Å². The fraction of sp³-hybridized carbons (Fsp3) is 0.600. The number of carbonyl (C=O) groups excluding carboxylic acids is 1. The first-order valence-electron chi connectivity index (χ1n) is 10.5. The molecular formula is C20H23ClF2N6O2. The molecule has 2 aromatic rings. The van der Waals surface area contributed by atoms with E-state index < -0.39 is 17.9 Å². The number of hydrogen-bond acceptors (Lipinski definition) is 5. The molecule has 0 N–H and O–H groups in total. The van der Waals surface area contributed by atoms with Crippen molar-refractivity contribution in [3.05, 3.63) is 45.4 Å². The lowest BCUT2D eigenvalue weighted by atomic mass is 10.1. The second-order valence-electron chi connectivity index (χ2n) is 8.64. The topological polar surface area (TPSA) is 76.3 Å². The van der Waals surface area contributed by atoms with Crippen molar-refractivity contribution in [1.82, 2.24) is 29.1 Å². The van der Waals surface area contributed by atoms with E-state index in [1.807, 2.05) is 4.90 Å². The molecule has 1 aliphatic carbocycles. The number of fused-ring (bicyclic) bond motifs is 1. The van der Waals surface area contributed by atoms with Crippen molar-refractivity contribution in [2.24, 2.45) is 5.92 Å². The Morgan fingerprint density at radius 2 is 2.00 bits per heavy atom. The van der Waals surface area contributed by atoms with Crippen LogP contribution >= 0.6 is 11.6 Å². The molecule has 2 aliphatic heterocycles. The second kappa shape index (κ2) is 7.67. The smallest absolute Gasteiger partial charge is 0.341 e. The summed E-state index contributed by atoms with van der Waals surface area (Å²) in [5, 5.41) is 4.90. The van der Waals surface area contributed by atoms with Crippen LogP contribution < -0.4 is 5.69 Å². The Morgan fingerprint density at radius 1 is 1.26 bits per heavy atom. The average molecular weight is 453 g/mol. The number of hydrogen-bond donors (Lipinski definition) is 0. The summed E-state index contributed by atoms with van der Waals surface area (Å²) in [6, 6.07) is 0.946. The molecule has 2 unspecified atom stereocenters. The van der Waals surface area contributed by atoms with Crippen LogP contribution in [0.4, 0.5) is 8.78 Å². The average Bonchev–Trinajstić information content (AvgIpc) is 3.08. The molecule has 11 heteroatoms. The van der Waals surface area contributed by atoms with Crippen molar-refractivity contribution < 1.29 is 13.6 Å². The molecule has 3 aliphatic rings. The van der Waals surface area contributed by atoms with Gasteiger partial charge in [0, 0.05) is 50.9 Å². The molecule has 31 heavy (non-hydrogen) atoms. The molecule has 8 nitrogen and oxygen atoms in total. The third-order valence-corrected chi connectivity index (χ3v) is 6.49. The lowest BCUT2D eigenvalue weighted by Gasteiger charge is -2.34. The lowest BCUT2D eigenvalue weighted by molar-refractivity contribution is -0.135. The Kier molecular flexibility index (Phi) is 5.09. The van der Waals surface area contributed by atoms with E-state index in [4.69, 9.17) is 11.6 Å². The zero-order valence-corrected chi connectivity index (χ0v) is 17.6. The minimum atomic E-state index is -2.63. The zero-order valence-electron chi connectivity index (χ0n) is 16.9. The summed E-state index contributed by atoms with van der Waals surface area (Å²) in [4.78, 5) is 34.0. The molecule has 2 atom stereocenters. The quantitative estimate of drug-likeness (QED) is 0.691. The maximum atomic E-state index is 13.5. The predicted molar refractivity (Wildman–Crippen MR) is 108 cm³/mol. The predicted octanol–water partition coefficient (Wildman–Crippen LogP) is 1.78. The van der Waals surface area contributed by atoms with Gasteiger partial charge in [0.05, 0.1) is 18.1 Å². The van der Waals surface area contributed by atoms with Crippen LogP contribution in [0.3, 0.4) is 0 Å². The highest BCUT2D eigenvalue weighted by Crippen LogP contribution is 2.49. The number of aromatic nitrogens is 4. The van der Waals surface area contributed by atoms with Gasteiger partial charge >= 0.3 is 5.69 Å². The molecule has 1 amide bonds. The largest absolute Gasteiger partial charge is 0.347 e. The van der Waals surface area contributed by atoms with Gasteiger partial charge in [0.2, 0.25) is 5.91 Å². The molecule has 4 heterocycles. The molecular weight excluding hydrogens is 430 g/mol. The van der Waals surface area contributed by atoms with Crippen molar-refractivity contribution in [2.75, 3.05) is 26.2 Å². The zero-order chi connectivity index (χ0) is 21.8. The molecule has 1 saturated heterocycles. The SMILES string of the molecule is O=C(C1CN(CC2CC2(F)F)Cc2nn(Cc3cncc(Cl)c3)c(=O)n21)N1CCCC1. The molecule has 2 fully saturated rings. The van der Waals surface area contributed by atoms with E-state index in [1.165, 1.54) is 15.4 Å². The third kappa shape index (κ3) is 3.98. The molecule has 2 aromatic heterocycles. The monoisotopic (exact) mass is 452 g/mol. The van der Waals surface area contributed by atoms with Gasteiger partial charge in [-0.1, -0.05) is 11.6 Å². The summed E-state index contributed by atoms with van der Waals surface area (Å²) in [7, 11) is 0. The van der Waals surface area contributed by atoms with Crippen molar-refractivity contribution in [3.63, 3.8) is 0 Å². The normalized spacial score (nSPS) is 24.9. The summed E-state index contributed by atoms with van der Waals surface area (Å²) in [6.45, 7) is 2.16. The lowest BCUT2D eigenvalue weighted by Crippen LogP contribution is -2.49. The van der Waals surface area contributed by atoms with Crippen LogP contribution in [-0.2, 0) is 17.9 Å². The maximum absolute atomic E-state index is 13.5. The molecule has 166 valence electrons. The van der Waals surface area contributed by atoms with Crippen molar-refractivity contribution >= 4 is 17.5 Å². The van der Waals surface area contributed by atoms with Crippen LogP contribution in [0.15, 0.2) is 23.3 Å². The molecule has 0 aromatic carbocycles. The van der Waals surface area contributed by atoms with Gasteiger partial charge in [0.15, 0.2) is 0 Å². The maximum Gasteiger partial charge on any atom is 0.347 e. The Hall–Kier alpha value is -2.33. The van der Waals surface area contributed by atoms with Crippen molar-refractivity contribution in [1.29, 1.82) is 0 Å². The van der Waals surface area contributed by atoms with E-state index in [2.05, 4.69) is 10.1 Å². The van der Waals surface area contributed by atoms with Crippen LogP contribution in [0, 0.1) is 5.92 Å². The fourth-order valence-corrected chi connectivity index (χ4v) is 4.75. The van der Waals surface area contributed by atoms with Gasteiger partial charge in [-0.2, -0.15) is 5.10 Å². The molecule has 0 spiro atoms. The first kappa shape index (κ1) is 20.6. The van der Waals surface area contributed by atoms with Gasteiger partial charge in [-0.3, -0.25) is 19.2 Å². The van der Waals surface area contributed by atoms with Gasteiger partial charge in [-0.15, -0.1) is 0 Å². The number of pyridine rings is 1. The Morgan fingerprint density at radius 3 is 2.68 bits per heavy atom. The molecule has 1 saturated carbocycles. The highest BCUT2D eigenvalue weighted by molar-refractivity contribution is 6.30. The number of nitrogens with zero attached hydrogens (tertiary/aromatic N) is 6. The van der Waals surface area contributed by atoms with E-state index in [0.717, 1.165) is 12.8 Å². The number of amides is 1. The highest BCUT2D eigenvalue weighted by Gasteiger charge is 2.57. The minimum Gasteiger partial charge on any atom is -0.341 e. The summed E-state index contributed by atoms with van der Waals surface area (Å²) >= 11 is 5.99. The second-order valence-corrected chi connectivity index (χ2v) is 9.08. The fourth-order valence-electron chi connectivity index (χ4n) is 4.55. The minimum absolute atomic E-state index is 0.128. The van der Waals surface area contributed by atoms with Gasteiger partial charge in [-0.05, 0) is 24.5 Å². The Balaban J connectivity index is 1.45. The summed E-state index contributed by atoms with van der Waals surface area (Å²) in [6.07, 6.45) is 4.84. The number of rotatable bonds is 5. The Labute approximate surface area is 182 Å². The third-order valence-electron chi connectivity index (χ3n) is 6.28. The van der Waals surface area contributed by atoms with E-state index in [-0.39, 0.29) is 44.2 Å². The van der Waals surface area contributed by atoms with Crippen LogP contribution in [0.5, 0.6) is 0 Å². The Bertz CT molecular complexity index is 1060. The highest BCUT2D eigenvalue weighted by atomic mass is 35.5. The van der Waals surface area contributed by atoms with Gasteiger partial charge in [-0.25, -0.2) is 18.3 Å². The van der Waals surface area contributed by atoms with Crippen LogP contribution in [0.25, 0.3) is 0 Å². The summed E-state index contributed by atoms with van der Waals surface area (Å²) < 4.78 is 29.7. The van der Waals surface area contributed by atoms with Gasteiger partial charge in [0.1, 0.15) is 11.9 Å². The van der Waals surface area contributed by atoms with E-state index in [9.17, 15) is 18.4 Å².